The molecule has 0 aromatic rings. The van der Waals surface area contributed by atoms with E-state index < -0.39 is 0 Å². The van der Waals surface area contributed by atoms with Crippen molar-refractivity contribution in [1.29, 1.82) is 0 Å². The SMILES string of the molecule is CC(C)C/C=C\C1=COC(=O)C1. The summed E-state index contributed by atoms with van der Waals surface area (Å²) >= 11 is 0. The first kappa shape index (κ1) is 9.04. The number of esters is 1. The van der Waals surface area contributed by atoms with Crippen LogP contribution in [0, 0.1) is 5.92 Å². The normalized spacial score (nSPS) is 17.2. The van der Waals surface area contributed by atoms with E-state index in [9.17, 15) is 4.79 Å². The van der Waals surface area contributed by atoms with Crippen LogP contribution in [0.15, 0.2) is 24.0 Å². The zero-order valence-electron chi connectivity index (χ0n) is 7.54. The Hall–Kier alpha value is -1.05. The Labute approximate surface area is 72.9 Å². The van der Waals surface area contributed by atoms with Gasteiger partial charge in [-0.25, -0.2) is 0 Å². The molecule has 0 spiro atoms. The number of ether oxygens (including phenoxy) is 1. The first-order chi connectivity index (χ1) is 5.68. The first-order valence-electron chi connectivity index (χ1n) is 4.23. The summed E-state index contributed by atoms with van der Waals surface area (Å²) in [7, 11) is 0. The van der Waals surface area contributed by atoms with Crippen LogP contribution >= 0.6 is 0 Å². The Morgan fingerprint density at radius 3 is 2.92 bits per heavy atom. The van der Waals surface area contributed by atoms with Gasteiger partial charge in [-0.05, 0) is 17.9 Å². The molecule has 0 unspecified atom stereocenters. The van der Waals surface area contributed by atoms with E-state index in [1.54, 1.807) is 0 Å². The van der Waals surface area contributed by atoms with Crippen molar-refractivity contribution in [2.24, 2.45) is 5.92 Å². The van der Waals surface area contributed by atoms with Gasteiger partial charge in [0.05, 0.1) is 12.7 Å². The zero-order chi connectivity index (χ0) is 8.97. The number of carbonyl (C=O) groups is 1. The second-order valence-electron chi connectivity index (χ2n) is 3.39. The maximum Gasteiger partial charge on any atom is 0.315 e. The van der Waals surface area contributed by atoms with Crippen molar-refractivity contribution in [3.8, 4) is 0 Å². The van der Waals surface area contributed by atoms with Crippen LogP contribution in [0.3, 0.4) is 0 Å². The van der Waals surface area contributed by atoms with Crippen LogP contribution in [0.1, 0.15) is 26.7 Å². The molecule has 0 amide bonds. The second-order valence-corrected chi connectivity index (χ2v) is 3.39. The Morgan fingerprint density at radius 2 is 2.42 bits per heavy atom. The Morgan fingerprint density at radius 1 is 1.67 bits per heavy atom. The number of rotatable bonds is 3. The molecule has 0 aliphatic carbocycles. The first-order valence-corrected chi connectivity index (χ1v) is 4.23. The third-order valence-electron chi connectivity index (χ3n) is 1.63. The smallest absolute Gasteiger partial charge is 0.315 e. The van der Waals surface area contributed by atoms with Crippen molar-refractivity contribution in [3.05, 3.63) is 24.0 Å². The molecule has 1 aliphatic rings. The van der Waals surface area contributed by atoms with Crippen molar-refractivity contribution in [2.75, 3.05) is 0 Å². The summed E-state index contributed by atoms with van der Waals surface area (Å²) < 4.78 is 4.67. The van der Waals surface area contributed by atoms with E-state index in [2.05, 4.69) is 24.7 Å². The summed E-state index contributed by atoms with van der Waals surface area (Å²) in [4.78, 5) is 10.6. The van der Waals surface area contributed by atoms with E-state index in [0.29, 0.717) is 12.3 Å². The van der Waals surface area contributed by atoms with Crippen LogP contribution in [0.25, 0.3) is 0 Å². The Balaban J connectivity index is 2.32. The molecule has 1 heterocycles. The highest BCUT2D eigenvalue weighted by Crippen LogP contribution is 2.13. The molecular weight excluding hydrogens is 152 g/mol. The highest BCUT2D eigenvalue weighted by atomic mass is 16.5. The van der Waals surface area contributed by atoms with Crippen molar-refractivity contribution in [1.82, 2.24) is 0 Å². The molecule has 0 bridgehead atoms. The number of hydrogen-bond donors (Lipinski definition) is 0. The molecule has 1 rings (SSSR count). The minimum absolute atomic E-state index is 0.154. The van der Waals surface area contributed by atoms with E-state index in [-0.39, 0.29) is 5.97 Å². The van der Waals surface area contributed by atoms with Gasteiger partial charge in [0, 0.05) is 0 Å². The van der Waals surface area contributed by atoms with Crippen LogP contribution in [0.2, 0.25) is 0 Å². The lowest BCUT2D eigenvalue weighted by molar-refractivity contribution is -0.135. The van der Waals surface area contributed by atoms with Crippen molar-refractivity contribution >= 4 is 5.97 Å². The molecule has 12 heavy (non-hydrogen) atoms. The number of hydrogen-bond acceptors (Lipinski definition) is 2. The average molecular weight is 166 g/mol. The summed E-state index contributed by atoms with van der Waals surface area (Å²) in [5.74, 6) is 0.513. The van der Waals surface area contributed by atoms with Gasteiger partial charge in [-0.15, -0.1) is 0 Å². The van der Waals surface area contributed by atoms with Crippen molar-refractivity contribution in [2.45, 2.75) is 26.7 Å². The number of carbonyl (C=O) groups excluding carboxylic acids is 1. The zero-order valence-corrected chi connectivity index (χ0v) is 7.54. The van der Waals surface area contributed by atoms with E-state index in [1.165, 1.54) is 6.26 Å². The molecule has 0 saturated carbocycles. The lowest BCUT2D eigenvalue weighted by atomic mass is 10.1. The van der Waals surface area contributed by atoms with Crippen LogP contribution in [0.4, 0.5) is 0 Å². The lowest BCUT2D eigenvalue weighted by Crippen LogP contribution is -1.89. The van der Waals surface area contributed by atoms with Crippen LogP contribution in [-0.2, 0) is 9.53 Å². The number of cyclic esters (lactones) is 1. The molecule has 2 nitrogen and oxygen atoms in total. The van der Waals surface area contributed by atoms with Gasteiger partial charge < -0.3 is 4.74 Å². The summed E-state index contributed by atoms with van der Waals surface area (Å²) in [6.45, 7) is 4.32. The van der Waals surface area contributed by atoms with Gasteiger partial charge in [0.1, 0.15) is 0 Å². The molecular formula is C10H14O2. The monoisotopic (exact) mass is 166 g/mol. The van der Waals surface area contributed by atoms with Gasteiger partial charge >= 0.3 is 5.97 Å². The van der Waals surface area contributed by atoms with Gasteiger partial charge in [0.15, 0.2) is 0 Å². The van der Waals surface area contributed by atoms with Gasteiger partial charge in [-0.1, -0.05) is 26.0 Å². The predicted molar refractivity (Wildman–Crippen MR) is 47.4 cm³/mol. The molecule has 0 N–H and O–H groups in total. The minimum atomic E-state index is -0.154. The van der Waals surface area contributed by atoms with Crippen molar-refractivity contribution < 1.29 is 9.53 Å². The van der Waals surface area contributed by atoms with E-state index in [4.69, 9.17) is 0 Å². The standard InChI is InChI=1S/C10H14O2/c1-8(2)4-3-5-9-6-10(11)12-7-9/h3,5,7-8H,4,6H2,1-2H3/b5-3-. The van der Waals surface area contributed by atoms with Crippen LogP contribution < -0.4 is 0 Å². The maximum absolute atomic E-state index is 10.6. The summed E-state index contributed by atoms with van der Waals surface area (Å²) in [5.41, 5.74) is 0.973. The van der Waals surface area contributed by atoms with E-state index in [1.807, 2.05) is 6.08 Å². The molecule has 66 valence electrons. The summed E-state index contributed by atoms with van der Waals surface area (Å²) in [6.07, 6.45) is 7.04. The predicted octanol–water partition coefficient (Wildman–Crippen LogP) is 2.42. The maximum atomic E-state index is 10.6. The van der Waals surface area contributed by atoms with Gasteiger partial charge in [-0.3, -0.25) is 4.79 Å². The Bertz CT molecular complexity index is 224. The van der Waals surface area contributed by atoms with Gasteiger partial charge in [-0.2, -0.15) is 0 Å². The molecule has 0 aromatic carbocycles. The third kappa shape index (κ3) is 2.91. The fourth-order valence-corrected chi connectivity index (χ4v) is 0.981. The fourth-order valence-electron chi connectivity index (χ4n) is 0.981. The van der Waals surface area contributed by atoms with Gasteiger partial charge in [0.2, 0.25) is 0 Å². The summed E-state index contributed by atoms with van der Waals surface area (Å²) in [6, 6.07) is 0. The molecule has 0 saturated heterocycles. The topological polar surface area (TPSA) is 26.3 Å². The quantitative estimate of drug-likeness (QED) is 0.602. The molecule has 0 atom stereocenters. The Kier molecular flexibility index (Phi) is 3.09. The number of allylic oxidation sites excluding steroid dienone is 2. The molecule has 2 heteroatoms. The van der Waals surface area contributed by atoms with Crippen molar-refractivity contribution in [3.63, 3.8) is 0 Å². The van der Waals surface area contributed by atoms with Crippen LogP contribution in [-0.4, -0.2) is 5.97 Å². The lowest BCUT2D eigenvalue weighted by Gasteiger charge is -1.95. The van der Waals surface area contributed by atoms with Crippen LogP contribution in [0.5, 0.6) is 0 Å². The molecule has 0 fully saturated rings. The van der Waals surface area contributed by atoms with E-state index in [0.717, 1.165) is 12.0 Å². The average Bonchev–Trinajstić information content (AvgIpc) is 2.35. The second kappa shape index (κ2) is 4.10. The largest absolute Gasteiger partial charge is 0.434 e. The highest BCUT2D eigenvalue weighted by molar-refractivity contribution is 5.76. The highest BCUT2D eigenvalue weighted by Gasteiger charge is 2.11. The summed E-state index contributed by atoms with van der Waals surface area (Å²) in [5, 5.41) is 0. The minimum Gasteiger partial charge on any atom is -0.434 e. The third-order valence-corrected chi connectivity index (χ3v) is 1.63. The molecule has 0 radical (unpaired) electrons. The van der Waals surface area contributed by atoms with E-state index >= 15 is 0 Å². The fraction of sp³-hybridized carbons (Fsp3) is 0.500. The molecule has 1 aliphatic heterocycles. The van der Waals surface area contributed by atoms with Gasteiger partial charge in [0.25, 0.3) is 0 Å². The molecule has 0 aromatic heterocycles.